The van der Waals surface area contributed by atoms with E-state index in [0.29, 0.717) is 28.3 Å². The summed E-state index contributed by atoms with van der Waals surface area (Å²) >= 11 is 6.15. The van der Waals surface area contributed by atoms with Gasteiger partial charge in [-0.05, 0) is 59.5 Å². The van der Waals surface area contributed by atoms with Crippen molar-refractivity contribution in [2.24, 2.45) is 0 Å². The Morgan fingerprint density at radius 1 is 1.03 bits per heavy atom. The first-order valence-electron chi connectivity index (χ1n) is 10.4. The minimum Gasteiger partial charge on any atom is -0.496 e. The molecule has 0 saturated carbocycles. The Morgan fingerprint density at radius 2 is 1.79 bits per heavy atom. The topological polar surface area (TPSA) is 75.7 Å². The Bertz CT molecular complexity index is 1350. The molecule has 1 saturated heterocycles. The molecule has 1 N–H and O–H groups in total. The van der Waals surface area contributed by atoms with Crippen LogP contribution < -0.4 is 15.0 Å². The fraction of sp³-hybridized carbons (Fsp3) is 0.115. The van der Waals surface area contributed by atoms with Gasteiger partial charge in [-0.3, -0.25) is 14.9 Å². The SMILES string of the molecule is COc1cc(/C=C2\C(=O)NC(=O)N(c3ccc(C)c(Cl)c3)C2=O)ccc1Cc1ccccc1F. The molecular weight excluding hydrogens is 459 g/mol. The summed E-state index contributed by atoms with van der Waals surface area (Å²) in [5.74, 6) is -1.43. The molecule has 0 aromatic heterocycles. The van der Waals surface area contributed by atoms with Crippen LogP contribution in [0.25, 0.3) is 6.08 Å². The van der Waals surface area contributed by atoms with Crippen molar-refractivity contribution in [3.8, 4) is 5.75 Å². The van der Waals surface area contributed by atoms with E-state index >= 15 is 0 Å². The zero-order valence-corrected chi connectivity index (χ0v) is 19.2. The second kappa shape index (κ2) is 9.49. The lowest BCUT2D eigenvalue weighted by Gasteiger charge is -2.26. The molecule has 8 heteroatoms. The molecule has 1 heterocycles. The Hall–Kier alpha value is -3.97. The Balaban J connectivity index is 1.67. The zero-order chi connectivity index (χ0) is 24.4. The number of methoxy groups -OCH3 is 1. The van der Waals surface area contributed by atoms with Crippen LogP contribution in [0.5, 0.6) is 5.75 Å². The van der Waals surface area contributed by atoms with Gasteiger partial charge in [0.05, 0.1) is 12.8 Å². The lowest BCUT2D eigenvalue weighted by atomic mass is 10.00. The molecule has 0 aliphatic carbocycles. The van der Waals surface area contributed by atoms with Crippen LogP contribution in [0.15, 0.2) is 66.2 Å². The molecule has 0 unspecified atom stereocenters. The maximum atomic E-state index is 14.1. The van der Waals surface area contributed by atoms with Crippen LogP contribution in [0.2, 0.25) is 5.02 Å². The lowest BCUT2D eigenvalue weighted by molar-refractivity contribution is -0.122. The fourth-order valence-corrected chi connectivity index (χ4v) is 3.80. The van der Waals surface area contributed by atoms with Gasteiger partial charge in [0, 0.05) is 11.4 Å². The summed E-state index contributed by atoms with van der Waals surface area (Å²) in [5.41, 5.74) is 2.56. The van der Waals surface area contributed by atoms with E-state index in [4.69, 9.17) is 16.3 Å². The number of imide groups is 2. The van der Waals surface area contributed by atoms with Crippen molar-refractivity contribution in [3.05, 3.63) is 99.3 Å². The van der Waals surface area contributed by atoms with Gasteiger partial charge in [0.2, 0.25) is 0 Å². The highest BCUT2D eigenvalue weighted by molar-refractivity contribution is 6.39. The van der Waals surface area contributed by atoms with Crippen LogP contribution in [0.3, 0.4) is 0 Å². The summed E-state index contributed by atoms with van der Waals surface area (Å²) in [6, 6.07) is 15.4. The van der Waals surface area contributed by atoms with Gasteiger partial charge in [-0.25, -0.2) is 14.1 Å². The summed E-state index contributed by atoms with van der Waals surface area (Å²) in [5, 5.41) is 2.57. The number of nitrogens with one attached hydrogen (secondary N) is 1. The van der Waals surface area contributed by atoms with Crippen molar-refractivity contribution in [1.29, 1.82) is 0 Å². The number of hydrogen-bond donors (Lipinski definition) is 1. The molecule has 1 fully saturated rings. The van der Waals surface area contributed by atoms with Crippen LogP contribution in [-0.2, 0) is 16.0 Å². The number of urea groups is 1. The van der Waals surface area contributed by atoms with Crippen LogP contribution in [-0.4, -0.2) is 25.0 Å². The summed E-state index contributed by atoms with van der Waals surface area (Å²) in [6.07, 6.45) is 1.69. The van der Waals surface area contributed by atoms with Crippen molar-refractivity contribution >= 4 is 41.2 Å². The van der Waals surface area contributed by atoms with Crippen molar-refractivity contribution < 1.29 is 23.5 Å². The van der Waals surface area contributed by atoms with E-state index in [1.165, 1.54) is 25.3 Å². The summed E-state index contributed by atoms with van der Waals surface area (Å²) in [6.45, 7) is 1.79. The number of carbonyl (C=O) groups excluding carboxylic acids is 3. The van der Waals surface area contributed by atoms with Gasteiger partial charge in [0.1, 0.15) is 17.1 Å². The highest BCUT2D eigenvalue weighted by Crippen LogP contribution is 2.28. The molecule has 0 spiro atoms. The standard InChI is InChI=1S/C26H20ClFN2O4/c1-15-7-10-19(14-21(15)27)30-25(32)20(24(31)29-26(30)33)11-16-8-9-18(23(12-16)34-2)13-17-5-3-4-6-22(17)28/h3-12,14H,13H2,1-2H3,(H,29,31,33)/b20-11+. The van der Waals surface area contributed by atoms with E-state index in [9.17, 15) is 18.8 Å². The average molecular weight is 479 g/mol. The third-order valence-electron chi connectivity index (χ3n) is 5.48. The highest BCUT2D eigenvalue weighted by atomic mass is 35.5. The second-order valence-corrected chi connectivity index (χ2v) is 8.14. The van der Waals surface area contributed by atoms with E-state index in [1.54, 1.807) is 55.5 Å². The predicted molar refractivity (Wildman–Crippen MR) is 127 cm³/mol. The molecule has 3 aromatic carbocycles. The Kier molecular flexibility index (Phi) is 6.47. The van der Waals surface area contributed by atoms with Crippen LogP contribution >= 0.6 is 11.6 Å². The normalized spacial score (nSPS) is 15.0. The van der Waals surface area contributed by atoms with Crippen LogP contribution in [0, 0.1) is 12.7 Å². The van der Waals surface area contributed by atoms with E-state index in [-0.39, 0.29) is 17.1 Å². The first kappa shape index (κ1) is 23.2. The van der Waals surface area contributed by atoms with Crippen molar-refractivity contribution in [2.45, 2.75) is 13.3 Å². The largest absolute Gasteiger partial charge is 0.496 e. The number of hydrogen-bond acceptors (Lipinski definition) is 4. The van der Waals surface area contributed by atoms with Gasteiger partial charge in [0.25, 0.3) is 11.8 Å². The third-order valence-corrected chi connectivity index (χ3v) is 5.88. The van der Waals surface area contributed by atoms with E-state index in [0.717, 1.165) is 16.0 Å². The number of carbonyl (C=O) groups is 3. The number of halogens is 2. The Labute approximate surface area is 200 Å². The molecule has 0 radical (unpaired) electrons. The number of barbiturate groups is 1. The third kappa shape index (κ3) is 4.56. The summed E-state index contributed by atoms with van der Waals surface area (Å²) in [4.78, 5) is 38.8. The number of aryl methyl sites for hydroxylation is 1. The quantitative estimate of drug-likeness (QED) is 0.411. The number of nitrogens with zero attached hydrogens (tertiary/aromatic N) is 1. The van der Waals surface area contributed by atoms with Crippen LogP contribution in [0.4, 0.5) is 14.9 Å². The van der Waals surface area contributed by atoms with Crippen molar-refractivity contribution in [2.75, 3.05) is 12.0 Å². The van der Waals surface area contributed by atoms with E-state index in [1.807, 2.05) is 0 Å². The number of ether oxygens (including phenoxy) is 1. The zero-order valence-electron chi connectivity index (χ0n) is 18.4. The first-order chi connectivity index (χ1) is 16.3. The van der Waals surface area contributed by atoms with Gasteiger partial charge in [0.15, 0.2) is 0 Å². The predicted octanol–water partition coefficient (Wildman–Crippen LogP) is 5.05. The minimum atomic E-state index is -0.857. The molecule has 4 rings (SSSR count). The number of amides is 4. The van der Waals surface area contributed by atoms with E-state index in [2.05, 4.69) is 5.32 Å². The maximum Gasteiger partial charge on any atom is 0.335 e. The molecule has 0 atom stereocenters. The lowest BCUT2D eigenvalue weighted by Crippen LogP contribution is -2.54. The molecule has 6 nitrogen and oxygen atoms in total. The van der Waals surface area contributed by atoms with Crippen molar-refractivity contribution in [3.63, 3.8) is 0 Å². The van der Waals surface area contributed by atoms with Gasteiger partial charge in [-0.15, -0.1) is 0 Å². The smallest absolute Gasteiger partial charge is 0.335 e. The summed E-state index contributed by atoms with van der Waals surface area (Å²) < 4.78 is 19.5. The van der Waals surface area contributed by atoms with Gasteiger partial charge in [-0.1, -0.05) is 48.0 Å². The van der Waals surface area contributed by atoms with Gasteiger partial charge >= 0.3 is 6.03 Å². The average Bonchev–Trinajstić information content (AvgIpc) is 2.81. The van der Waals surface area contributed by atoms with E-state index < -0.39 is 17.8 Å². The minimum absolute atomic E-state index is 0.222. The molecule has 4 amide bonds. The molecular formula is C26H20ClFN2O4. The second-order valence-electron chi connectivity index (χ2n) is 7.73. The molecule has 1 aliphatic heterocycles. The monoisotopic (exact) mass is 478 g/mol. The Morgan fingerprint density at radius 3 is 2.50 bits per heavy atom. The van der Waals surface area contributed by atoms with Gasteiger partial charge < -0.3 is 4.74 Å². The van der Waals surface area contributed by atoms with Crippen molar-refractivity contribution in [1.82, 2.24) is 5.32 Å². The molecule has 34 heavy (non-hydrogen) atoms. The summed E-state index contributed by atoms with van der Waals surface area (Å²) in [7, 11) is 1.48. The first-order valence-corrected chi connectivity index (χ1v) is 10.7. The molecule has 0 bridgehead atoms. The highest BCUT2D eigenvalue weighted by Gasteiger charge is 2.37. The number of anilines is 1. The van der Waals surface area contributed by atoms with Crippen LogP contribution in [0.1, 0.15) is 22.3 Å². The fourth-order valence-electron chi connectivity index (χ4n) is 3.62. The van der Waals surface area contributed by atoms with Gasteiger partial charge in [-0.2, -0.15) is 0 Å². The molecule has 1 aliphatic rings. The molecule has 3 aromatic rings. The number of rotatable bonds is 5. The molecule has 172 valence electrons. The maximum absolute atomic E-state index is 14.1. The number of benzene rings is 3.